The molecular weight excluding hydrogens is 192 g/mol. The summed E-state index contributed by atoms with van der Waals surface area (Å²) in [6.45, 7) is 3.41. The van der Waals surface area contributed by atoms with Crippen LogP contribution in [0.25, 0.3) is 0 Å². The molecule has 2 heterocycles. The standard InChI is InChI=1S/C10H14N4O/c15-10(9-6-12-8-13-7-9)14-4-1-2-11-3-5-14/h6-8,11H,1-5H2. The first-order valence-corrected chi connectivity index (χ1v) is 5.13. The molecule has 1 aromatic heterocycles. The quantitative estimate of drug-likeness (QED) is 0.697. The highest BCUT2D eigenvalue weighted by atomic mass is 16.2. The van der Waals surface area contributed by atoms with Crippen LogP contribution in [0.4, 0.5) is 0 Å². The summed E-state index contributed by atoms with van der Waals surface area (Å²) >= 11 is 0. The second-order valence-corrected chi connectivity index (χ2v) is 3.52. The van der Waals surface area contributed by atoms with Crippen molar-refractivity contribution in [1.29, 1.82) is 0 Å². The van der Waals surface area contributed by atoms with Gasteiger partial charge in [-0.15, -0.1) is 0 Å². The molecule has 0 unspecified atom stereocenters. The maximum Gasteiger partial charge on any atom is 0.257 e. The van der Waals surface area contributed by atoms with E-state index in [1.165, 1.54) is 6.33 Å². The number of nitrogens with one attached hydrogen (secondary N) is 1. The Morgan fingerprint density at radius 3 is 2.87 bits per heavy atom. The molecule has 0 bridgehead atoms. The van der Waals surface area contributed by atoms with Crippen molar-refractivity contribution in [2.45, 2.75) is 6.42 Å². The molecule has 1 amide bonds. The van der Waals surface area contributed by atoms with Crippen LogP contribution in [0, 0.1) is 0 Å². The van der Waals surface area contributed by atoms with Gasteiger partial charge < -0.3 is 10.2 Å². The van der Waals surface area contributed by atoms with Crippen LogP contribution in [0.15, 0.2) is 18.7 Å². The minimum absolute atomic E-state index is 0.0271. The third-order valence-corrected chi connectivity index (χ3v) is 2.43. The third-order valence-electron chi connectivity index (χ3n) is 2.43. The number of hydrogen-bond acceptors (Lipinski definition) is 4. The molecule has 80 valence electrons. The maximum atomic E-state index is 12.0. The number of nitrogens with zero attached hydrogens (tertiary/aromatic N) is 3. The van der Waals surface area contributed by atoms with E-state index in [9.17, 15) is 4.79 Å². The van der Waals surface area contributed by atoms with Crippen LogP contribution >= 0.6 is 0 Å². The van der Waals surface area contributed by atoms with Gasteiger partial charge >= 0.3 is 0 Å². The first-order chi connectivity index (χ1) is 7.38. The van der Waals surface area contributed by atoms with Gasteiger partial charge in [0.15, 0.2) is 0 Å². The molecule has 0 atom stereocenters. The first-order valence-electron chi connectivity index (χ1n) is 5.13. The summed E-state index contributed by atoms with van der Waals surface area (Å²) in [6.07, 6.45) is 5.56. The van der Waals surface area contributed by atoms with Gasteiger partial charge in [0, 0.05) is 32.0 Å². The van der Waals surface area contributed by atoms with Gasteiger partial charge in [-0.3, -0.25) is 4.79 Å². The van der Waals surface area contributed by atoms with E-state index in [2.05, 4.69) is 15.3 Å². The minimum Gasteiger partial charge on any atom is -0.337 e. The molecule has 0 spiro atoms. The monoisotopic (exact) mass is 206 g/mol. The van der Waals surface area contributed by atoms with E-state index in [-0.39, 0.29) is 5.91 Å². The fraction of sp³-hybridized carbons (Fsp3) is 0.500. The lowest BCUT2D eigenvalue weighted by atomic mass is 10.3. The summed E-state index contributed by atoms with van der Waals surface area (Å²) in [5, 5.41) is 3.26. The van der Waals surface area contributed by atoms with Crippen LogP contribution in [0.2, 0.25) is 0 Å². The maximum absolute atomic E-state index is 12.0. The topological polar surface area (TPSA) is 58.1 Å². The summed E-state index contributed by atoms with van der Waals surface area (Å²) in [7, 11) is 0. The van der Waals surface area contributed by atoms with Crippen molar-refractivity contribution in [3.05, 3.63) is 24.3 Å². The number of aromatic nitrogens is 2. The molecule has 5 heteroatoms. The van der Waals surface area contributed by atoms with E-state index in [1.54, 1.807) is 12.4 Å². The number of carbonyl (C=O) groups is 1. The highest BCUT2D eigenvalue weighted by Gasteiger charge is 2.16. The van der Waals surface area contributed by atoms with Crippen LogP contribution in [0.1, 0.15) is 16.8 Å². The molecular formula is C10H14N4O. The van der Waals surface area contributed by atoms with Crippen LogP contribution in [-0.4, -0.2) is 47.0 Å². The van der Waals surface area contributed by atoms with Crippen molar-refractivity contribution in [1.82, 2.24) is 20.2 Å². The smallest absolute Gasteiger partial charge is 0.257 e. The van der Waals surface area contributed by atoms with Gasteiger partial charge in [0.25, 0.3) is 5.91 Å². The summed E-state index contributed by atoms with van der Waals surface area (Å²) in [6, 6.07) is 0. The van der Waals surface area contributed by atoms with Gasteiger partial charge in [0.05, 0.1) is 5.56 Å². The van der Waals surface area contributed by atoms with Crippen LogP contribution in [0.5, 0.6) is 0 Å². The molecule has 1 aliphatic heterocycles. The Morgan fingerprint density at radius 1 is 1.27 bits per heavy atom. The second kappa shape index (κ2) is 4.84. The van der Waals surface area contributed by atoms with E-state index in [0.29, 0.717) is 5.56 Å². The molecule has 0 aromatic carbocycles. The fourth-order valence-corrected chi connectivity index (χ4v) is 1.64. The van der Waals surface area contributed by atoms with Gasteiger partial charge in [0.1, 0.15) is 6.33 Å². The van der Waals surface area contributed by atoms with Crippen molar-refractivity contribution in [2.24, 2.45) is 0 Å². The molecule has 2 rings (SSSR count). The van der Waals surface area contributed by atoms with Crippen molar-refractivity contribution >= 4 is 5.91 Å². The van der Waals surface area contributed by atoms with Crippen molar-refractivity contribution in [3.8, 4) is 0 Å². The van der Waals surface area contributed by atoms with Crippen molar-refractivity contribution in [3.63, 3.8) is 0 Å². The van der Waals surface area contributed by atoms with Crippen molar-refractivity contribution < 1.29 is 4.79 Å². The Labute approximate surface area is 88.5 Å². The molecule has 1 aromatic rings. The lowest BCUT2D eigenvalue weighted by molar-refractivity contribution is 0.0765. The average molecular weight is 206 g/mol. The van der Waals surface area contributed by atoms with E-state index < -0.39 is 0 Å². The van der Waals surface area contributed by atoms with Gasteiger partial charge in [-0.1, -0.05) is 0 Å². The lowest BCUT2D eigenvalue weighted by Gasteiger charge is -2.19. The summed E-state index contributed by atoms with van der Waals surface area (Å²) in [4.78, 5) is 21.5. The molecule has 1 saturated heterocycles. The lowest BCUT2D eigenvalue weighted by Crippen LogP contribution is -2.34. The van der Waals surface area contributed by atoms with E-state index in [0.717, 1.165) is 32.6 Å². The van der Waals surface area contributed by atoms with E-state index >= 15 is 0 Å². The van der Waals surface area contributed by atoms with Gasteiger partial charge in [0.2, 0.25) is 0 Å². The summed E-state index contributed by atoms with van der Waals surface area (Å²) in [5.41, 5.74) is 0.569. The van der Waals surface area contributed by atoms with Gasteiger partial charge in [-0.2, -0.15) is 0 Å². The predicted octanol–water partition coefficient (Wildman–Crippen LogP) is -0.0879. The molecule has 0 saturated carbocycles. The molecule has 1 aliphatic rings. The summed E-state index contributed by atoms with van der Waals surface area (Å²) in [5.74, 6) is 0.0271. The van der Waals surface area contributed by atoms with Gasteiger partial charge in [-0.25, -0.2) is 9.97 Å². The number of carbonyl (C=O) groups excluding carboxylic acids is 1. The molecule has 15 heavy (non-hydrogen) atoms. The predicted molar refractivity (Wildman–Crippen MR) is 55.4 cm³/mol. The van der Waals surface area contributed by atoms with E-state index in [4.69, 9.17) is 0 Å². The van der Waals surface area contributed by atoms with Crippen LogP contribution in [-0.2, 0) is 0 Å². The highest BCUT2D eigenvalue weighted by Crippen LogP contribution is 2.03. The molecule has 1 fully saturated rings. The Bertz CT molecular complexity index is 319. The Morgan fingerprint density at radius 2 is 2.07 bits per heavy atom. The second-order valence-electron chi connectivity index (χ2n) is 3.52. The van der Waals surface area contributed by atoms with Crippen LogP contribution in [0.3, 0.4) is 0 Å². The Balaban J connectivity index is 2.06. The number of hydrogen-bond donors (Lipinski definition) is 1. The largest absolute Gasteiger partial charge is 0.337 e. The SMILES string of the molecule is O=C(c1cncnc1)N1CCCNCC1. The number of amides is 1. The zero-order chi connectivity index (χ0) is 10.5. The summed E-state index contributed by atoms with van der Waals surface area (Å²) < 4.78 is 0. The average Bonchev–Trinajstić information content (AvgIpc) is 2.58. The minimum atomic E-state index is 0.0271. The molecule has 0 radical (unpaired) electrons. The molecule has 1 N–H and O–H groups in total. The molecule has 5 nitrogen and oxygen atoms in total. The Kier molecular flexibility index (Phi) is 3.24. The number of rotatable bonds is 1. The third kappa shape index (κ3) is 2.50. The normalized spacial score (nSPS) is 17.2. The van der Waals surface area contributed by atoms with Crippen molar-refractivity contribution in [2.75, 3.05) is 26.2 Å². The van der Waals surface area contributed by atoms with E-state index in [1.807, 2.05) is 4.90 Å². The fourth-order valence-electron chi connectivity index (χ4n) is 1.64. The highest BCUT2D eigenvalue weighted by molar-refractivity contribution is 5.93. The zero-order valence-electron chi connectivity index (χ0n) is 8.52. The van der Waals surface area contributed by atoms with Crippen LogP contribution < -0.4 is 5.32 Å². The van der Waals surface area contributed by atoms with Gasteiger partial charge in [-0.05, 0) is 13.0 Å². The zero-order valence-corrected chi connectivity index (χ0v) is 8.52. The molecule has 0 aliphatic carbocycles. The first kappa shape index (κ1) is 10.0. The Hall–Kier alpha value is -1.49.